The molecule has 0 saturated carbocycles. The molecule has 5 heterocycles. The number of halogens is 2. The summed E-state index contributed by atoms with van der Waals surface area (Å²) in [5.74, 6) is -2.23. The van der Waals surface area contributed by atoms with Gasteiger partial charge in [-0.2, -0.15) is 5.10 Å². The number of unbranched alkanes of at least 4 members (excludes halogenated alkanes) is 1. The molecule has 0 amide bonds. The van der Waals surface area contributed by atoms with Gasteiger partial charge in [-0.1, -0.05) is 24.3 Å². The number of pyridine rings is 1. The van der Waals surface area contributed by atoms with Crippen molar-refractivity contribution >= 4 is 16.7 Å². The summed E-state index contributed by atoms with van der Waals surface area (Å²) in [6.45, 7) is 4.25. The molecule has 198 valence electrons. The van der Waals surface area contributed by atoms with Crippen LogP contribution in [0.2, 0.25) is 0 Å². The molecular weight excluding hydrogens is 472 g/mol. The predicted octanol–water partition coefficient (Wildman–Crippen LogP) is 5.62. The third-order valence-electron chi connectivity index (χ3n) is 8.36. The highest BCUT2D eigenvalue weighted by atomic mass is 19.3. The maximum Gasteiger partial charge on any atom is 0.252 e. The van der Waals surface area contributed by atoms with E-state index >= 15 is 8.78 Å². The average Bonchev–Trinajstić information content (AvgIpc) is 3.68. The van der Waals surface area contributed by atoms with Crippen molar-refractivity contribution in [3.05, 3.63) is 53.3 Å². The molecule has 0 bridgehead atoms. The molecule has 2 saturated heterocycles. The Hall–Kier alpha value is -2.58. The molecule has 3 aromatic rings. The van der Waals surface area contributed by atoms with E-state index in [9.17, 15) is 0 Å². The number of hydrogen-bond acceptors (Lipinski definition) is 5. The number of nitrogens with one attached hydrogen (secondary N) is 1. The Morgan fingerprint density at radius 3 is 2.97 bits per heavy atom. The number of nitrogens with zero attached hydrogens (tertiary/aromatic N) is 4. The number of aromatic nitrogens is 3. The van der Waals surface area contributed by atoms with Crippen LogP contribution in [-0.4, -0.2) is 58.4 Å². The summed E-state index contributed by atoms with van der Waals surface area (Å²) in [5, 5.41) is 9.10. The van der Waals surface area contributed by atoms with Gasteiger partial charge in [-0.25, -0.2) is 13.8 Å². The number of benzene rings is 1. The van der Waals surface area contributed by atoms with Gasteiger partial charge in [0.25, 0.3) is 5.92 Å². The van der Waals surface area contributed by atoms with E-state index in [2.05, 4.69) is 44.3 Å². The van der Waals surface area contributed by atoms with E-state index in [0.717, 1.165) is 73.2 Å². The van der Waals surface area contributed by atoms with E-state index in [1.54, 1.807) is 0 Å². The Bertz CT molecular complexity index is 1220. The quantitative estimate of drug-likeness (QED) is 0.380. The van der Waals surface area contributed by atoms with Crippen molar-refractivity contribution in [3.63, 3.8) is 0 Å². The largest absolute Gasteiger partial charge is 0.379 e. The Balaban J connectivity index is 1.02. The fourth-order valence-electron chi connectivity index (χ4n) is 6.24. The molecule has 6 nitrogen and oxygen atoms in total. The molecule has 8 heteroatoms. The topological polar surface area (TPSA) is 55.2 Å². The molecular formula is C29H37F2N5O. The second-order valence-corrected chi connectivity index (χ2v) is 11.0. The van der Waals surface area contributed by atoms with Crippen molar-refractivity contribution in [1.82, 2.24) is 19.7 Å². The first-order chi connectivity index (χ1) is 18.1. The van der Waals surface area contributed by atoms with Gasteiger partial charge in [0.15, 0.2) is 0 Å². The number of aryl methyl sites for hydroxylation is 2. The van der Waals surface area contributed by atoms with E-state index < -0.39 is 11.8 Å². The summed E-state index contributed by atoms with van der Waals surface area (Å²) in [7, 11) is 0. The molecule has 3 aliphatic rings. The van der Waals surface area contributed by atoms with Gasteiger partial charge in [0.05, 0.1) is 24.4 Å². The van der Waals surface area contributed by atoms with Crippen molar-refractivity contribution in [3.8, 4) is 0 Å². The second-order valence-electron chi connectivity index (χ2n) is 11.0. The highest BCUT2D eigenvalue weighted by Gasteiger charge is 2.42. The van der Waals surface area contributed by atoms with Crippen LogP contribution in [0.4, 0.5) is 14.6 Å². The van der Waals surface area contributed by atoms with Gasteiger partial charge in [-0.05, 0) is 68.7 Å². The highest BCUT2D eigenvalue weighted by Crippen LogP contribution is 2.37. The molecule has 37 heavy (non-hydrogen) atoms. The first-order valence-electron chi connectivity index (χ1n) is 13.9. The summed E-state index contributed by atoms with van der Waals surface area (Å²) in [6.07, 6.45) is 7.61. The zero-order chi connectivity index (χ0) is 25.2. The smallest absolute Gasteiger partial charge is 0.252 e. The average molecular weight is 510 g/mol. The lowest BCUT2D eigenvalue weighted by atomic mass is 9.95. The molecule has 2 atom stereocenters. The first kappa shape index (κ1) is 24.7. The fraction of sp³-hybridized carbons (Fsp3) is 0.586. The number of para-hydroxylation sites is 1. The van der Waals surface area contributed by atoms with Crippen LogP contribution in [0.5, 0.6) is 0 Å². The minimum atomic E-state index is -2.63. The Labute approximate surface area is 217 Å². The second kappa shape index (κ2) is 10.7. The molecule has 2 aromatic heterocycles. The van der Waals surface area contributed by atoms with Gasteiger partial charge in [-0.3, -0.25) is 9.58 Å². The van der Waals surface area contributed by atoms with E-state index in [-0.39, 0.29) is 12.5 Å². The van der Waals surface area contributed by atoms with Crippen molar-refractivity contribution in [2.24, 2.45) is 5.92 Å². The van der Waals surface area contributed by atoms with Crippen molar-refractivity contribution < 1.29 is 13.5 Å². The number of fused-ring (bicyclic) bond motifs is 2. The van der Waals surface area contributed by atoms with Crippen LogP contribution in [0.3, 0.4) is 0 Å². The lowest BCUT2D eigenvalue weighted by Crippen LogP contribution is -2.31. The standard InChI is InChI=1S/C29H37F2N5O/c30-29(31,13-2-1-8-25-10-9-21-7-4-14-32-28(21)34-25)24-11-15-35(19-24)18-23-6-3-5-22-17-33-36(27(22)23)26-12-16-37-20-26/h3,5-6,9-10,17,24,26H,1-2,4,7-8,11-16,18-20H2,(H,32,34)/t24-,26+/m1/s1. The Morgan fingerprint density at radius 1 is 1.14 bits per heavy atom. The first-order valence-corrected chi connectivity index (χ1v) is 13.9. The van der Waals surface area contributed by atoms with Crippen molar-refractivity contribution in [2.45, 2.75) is 69.9 Å². The van der Waals surface area contributed by atoms with Crippen LogP contribution in [0.25, 0.3) is 10.9 Å². The van der Waals surface area contributed by atoms with Crippen LogP contribution in [0.15, 0.2) is 36.5 Å². The van der Waals surface area contributed by atoms with Gasteiger partial charge in [0.1, 0.15) is 5.82 Å². The third-order valence-corrected chi connectivity index (χ3v) is 8.36. The number of likely N-dealkylation sites (tertiary alicyclic amines) is 1. The van der Waals surface area contributed by atoms with Crippen LogP contribution >= 0.6 is 0 Å². The van der Waals surface area contributed by atoms with E-state index in [4.69, 9.17) is 9.72 Å². The van der Waals surface area contributed by atoms with Gasteiger partial charge in [-0.15, -0.1) is 0 Å². The van der Waals surface area contributed by atoms with E-state index in [1.165, 1.54) is 5.56 Å². The molecule has 0 unspecified atom stereocenters. The number of alkyl halides is 2. The number of hydrogen-bond donors (Lipinski definition) is 1. The maximum atomic E-state index is 15.2. The summed E-state index contributed by atoms with van der Waals surface area (Å²) < 4.78 is 38.0. The van der Waals surface area contributed by atoms with E-state index in [0.29, 0.717) is 39.1 Å². The maximum absolute atomic E-state index is 15.2. The number of rotatable bonds is 9. The molecule has 1 aromatic carbocycles. The minimum absolute atomic E-state index is 0.0429. The number of ether oxygens (including phenoxy) is 1. The summed E-state index contributed by atoms with van der Waals surface area (Å²) >= 11 is 0. The van der Waals surface area contributed by atoms with Gasteiger partial charge in [0, 0.05) is 49.7 Å². The SMILES string of the molecule is FC(F)(CCCCc1ccc2c(n1)NCCC2)[C@@H]1CCN(Cc2cccc3cnn([C@H]4CCOC4)c23)C1. The molecule has 0 aliphatic carbocycles. The Morgan fingerprint density at radius 2 is 2.08 bits per heavy atom. The molecule has 3 aliphatic heterocycles. The zero-order valence-corrected chi connectivity index (χ0v) is 21.5. The molecule has 2 fully saturated rings. The zero-order valence-electron chi connectivity index (χ0n) is 21.5. The van der Waals surface area contributed by atoms with Crippen LogP contribution in [0.1, 0.15) is 61.4 Å². The lowest BCUT2D eigenvalue weighted by molar-refractivity contribution is -0.0630. The Kier molecular flexibility index (Phi) is 7.12. The normalized spacial score (nSPS) is 22.4. The van der Waals surface area contributed by atoms with Crippen LogP contribution < -0.4 is 5.32 Å². The summed E-state index contributed by atoms with van der Waals surface area (Å²) in [6, 6.07) is 10.7. The van der Waals surface area contributed by atoms with E-state index in [1.807, 2.05) is 12.3 Å². The third kappa shape index (κ3) is 5.36. The van der Waals surface area contributed by atoms with Crippen molar-refractivity contribution in [1.29, 1.82) is 0 Å². The van der Waals surface area contributed by atoms with Crippen LogP contribution in [0, 0.1) is 5.92 Å². The van der Waals surface area contributed by atoms with Gasteiger partial charge < -0.3 is 10.1 Å². The van der Waals surface area contributed by atoms with Gasteiger partial charge in [0.2, 0.25) is 0 Å². The molecule has 1 N–H and O–H groups in total. The lowest BCUT2D eigenvalue weighted by Gasteiger charge is -2.24. The summed E-state index contributed by atoms with van der Waals surface area (Å²) in [4.78, 5) is 6.90. The monoisotopic (exact) mass is 509 g/mol. The minimum Gasteiger partial charge on any atom is -0.379 e. The molecule has 0 radical (unpaired) electrons. The highest BCUT2D eigenvalue weighted by molar-refractivity contribution is 5.82. The molecule has 0 spiro atoms. The predicted molar refractivity (Wildman–Crippen MR) is 141 cm³/mol. The van der Waals surface area contributed by atoms with Crippen molar-refractivity contribution in [2.75, 3.05) is 38.2 Å². The van der Waals surface area contributed by atoms with Crippen LogP contribution in [-0.2, 0) is 24.1 Å². The van der Waals surface area contributed by atoms with Gasteiger partial charge >= 0.3 is 0 Å². The fourth-order valence-corrected chi connectivity index (χ4v) is 6.24. The summed E-state index contributed by atoms with van der Waals surface area (Å²) in [5.41, 5.74) is 4.55. The molecule has 6 rings (SSSR count). The number of anilines is 1.